The number of esters is 1. The number of hydrogen-bond donors (Lipinski definition) is 1. The molecule has 0 aliphatic carbocycles. The molecular weight excluding hydrogens is 615 g/mol. The molecule has 246 valence electrons. The first-order valence-electron chi connectivity index (χ1n) is 15.5. The second kappa shape index (κ2) is 13.3. The average molecular weight is 651 g/mol. The van der Waals surface area contributed by atoms with Crippen molar-refractivity contribution >= 4 is 34.3 Å². The van der Waals surface area contributed by atoms with Gasteiger partial charge in [-0.2, -0.15) is 9.78 Å². The number of nitrogens with zero attached hydrogens (tertiary/aromatic N) is 5. The highest BCUT2D eigenvalue weighted by Crippen LogP contribution is 2.31. The van der Waals surface area contributed by atoms with Gasteiger partial charge in [0.15, 0.2) is 0 Å². The van der Waals surface area contributed by atoms with Gasteiger partial charge in [-0.1, -0.05) is 32.9 Å². The fourth-order valence-corrected chi connectivity index (χ4v) is 5.55. The zero-order valence-corrected chi connectivity index (χ0v) is 27.1. The number of carbonyl (C=O) groups excluding carboxylic acids is 2. The summed E-state index contributed by atoms with van der Waals surface area (Å²) in [5.41, 5.74) is 2.45. The van der Waals surface area contributed by atoms with Gasteiger partial charge in [-0.25, -0.2) is 14.4 Å². The Morgan fingerprint density at radius 2 is 1.79 bits per heavy atom. The summed E-state index contributed by atoms with van der Waals surface area (Å²) in [7, 11) is 0. The third-order valence-corrected chi connectivity index (χ3v) is 8.14. The first kappa shape index (κ1) is 32.5. The summed E-state index contributed by atoms with van der Waals surface area (Å²) >= 11 is 0. The van der Waals surface area contributed by atoms with Crippen molar-refractivity contribution in [1.82, 2.24) is 24.6 Å². The Bertz CT molecular complexity index is 2070. The van der Waals surface area contributed by atoms with Crippen molar-refractivity contribution in [3.8, 4) is 16.8 Å². The molecule has 0 radical (unpaired) electrons. The number of benzene rings is 2. The van der Waals surface area contributed by atoms with E-state index in [2.05, 4.69) is 20.4 Å². The number of aromatic nitrogens is 4. The van der Waals surface area contributed by atoms with E-state index in [0.29, 0.717) is 71.3 Å². The molecule has 0 atom stereocenters. The van der Waals surface area contributed by atoms with Crippen molar-refractivity contribution in [2.24, 2.45) is 0 Å². The Labute approximate surface area is 276 Å². The second-order valence-corrected chi connectivity index (χ2v) is 12.5. The van der Waals surface area contributed by atoms with Gasteiger partial charge < -0.3 is 19.7 Å². The van der Waals surface area contributed by atoms with Crippen LogP contribution in [0.2, 0.25) is 0 Å². The van der Waals surface area contributed by atoms with E-state index in [9.17, 15) is 14.4 Å². The summed E-state index contributed by atoms with van der Waals surface area (Å²) in [6.45, 7) is 9.15. The van der Waals surface area contributed by atoms with Crippen molar-refractivity contribution in [1.29, 1.82) is 0 Å². The lowest BCUT2D eigenvalue weighted by molar-refractivity contribution is -0.142. The SMILES string of the molecule is CC(=O)OCc1c(-c2ccnc(Nc3ccc(C(=O)N4CCOCC4)cn3)c2)cccc1-n1ncc2cc(C(C)(C)C)cc(F)c2c1=O. The molecule has 1 N–H and O–H groups in total. The van der Waals surface area contributed by atoms with E-state index >= 15 is 4.39 Å². The molecule has 0 bridgehead atoms. The highest BCUT2D eigenvalue weighted by Gasteiger charge is 2.22. The van der Waals surface area contributed by atoms with Crippen LogP contribution in [0, 0.1) is 5.82 Å². The molecule has 0 unspecified atom stereocenters. The number of rotatable bonds is 7. The highest BCUT2D eigenvalue weighted by molar-refractivity contribution is 5.94. The largest absolute Gasteiger partial charge is 0.461 e. The first-order valence-corrected chi connectivity index (χ1v) is 15.5. The van der Waals surface area contributed by atoms with Gasteiger partial charge in [0.25, 0.3) is 11.5 Å². The zero-order chi connectivity index (χ0) is 34.0. The van der Waals surface area contributed by atoms with E-state index in [1.807, 2.05) is 26.8 Å². The first-order chi connectivity index (χ1) is 23.0. The maximum atomic E-state index is 15.4. The number of halogens is 1. The third kappa shape index (κ3) is 6.79. The van der Waals surface area contributed by atoms with Gasteiger partial charge in [0.1, 0.15) is 24.1 Å². The lowest BCUT2D eigenvalue weighted by Gasteiger charge is -2.26. The Balaban J connectivity index is 1.34. The summed E-state index contributed by atoms with van der Waals surface area (Å²) in [6, 6.07) is 15.4. The van der Waals surface area contributed by atoms with Crippen molar-refractivity contribution in [3.05, 3.63) is 106 Å². The summed E-state index contributed by atoms with van der Waals surface area (Å²) in [5, 5.41) is 7.90. The Morgan fingerprint density at radius 3 is 2.50 bits per heavy atom. The number of nitrogens with one attached hydrogen (secondary N) is 1. The molecule has 1 saturated heterocycles. The second-order valence-electron chi connectivity index (χ2n) is 12.5. The van der Waals surface area contributed by atoms with Gasteiger partial charge in [0.2, 0.25) is 0 Å². The molecule has 3 aromatic heterocycles. The number of carbonyl (C=O) groups is 2. The molecule has 1 aliphatic rings. The van der Waals surface area contributed by atoms with Crippen molar-refractivity contribution in [2.45, 2.75) is 39.7 Å². The number of ether oxygens (including phenoxy) is 2. The van der Waals surface area contributed by atoms with Crippen LogP contribution in [0.25, 0.3) is 27.6 Å². The summed E-state index contributed by atoms with van der Waals surface area (Å²) in [4.78, 5) is 49.0. The average Bonchev–Trinajstić information content (AvgIpc) is 3.07. The van der Waals surface area contributed by atoms with E-state index in [4.69, 9.17) is 9.47 Å². The molecule has 5 aromatic rings. The third-order valence-electron chi connectivity index (χ3n) is 8.14. The quantitative estimate of drug-likeness (QED) is 0.225. The number of hydrogen-bond acceptors (Lipinski definition) is 9. The van der Waals surface area contributed by atoms with Crippen LogP contribution in [0.3, 0.4) is 0 Å². The molecule has 0 saturated carbocycles. The number of morpholine rings is 1. The summed E-state index contributed by atoms with van der Waals surface area (Å²) < 4.78 is 27.3. The van der Waals surface area contributed by atoms with E-state index in [1.54, 1.807) is 53.6 Å². The van der Waals surface area contributed by atoms with Crippen LogP contribution in [-0.4, -0.2) is 62.8 Å². The molecule has 4 heterocycles. The molecule has 1 amide bonds. The van der Waals surface area contributed by atoms with Crippen LogP contribution in [-0.2, 0) is 26.3 Å². The number of pyridine rings is 2. The fourth-order valence-electron chi connectivity index (χ4n) is 5.55. The molecule has 1 aliphatic heterocycles. The van der Waals surface area contributed by atoms with Gasteiger partial charge in [0, 0.05) is 43.4 Å². The molecule has 1 fully saturated rings. The molecule has 6 rings (SSSR count). The van der Waals surface area contributed by atoms with Crippen molar-refractivity contribution in [2.75, 3.05) is 31.6 Å². The smallest absolute Gasteiger partial charge is 0.302 e. The fraction of sp³-hybridized carbons (Fsp3) is 0.278. The predicted octanol–water partition coefficient (Wildman–Crippen LogP) is 5.56. The minimum atomic E-state index is -0.634. The van der Waals surface area contributed by atoms with Crippen LogP contribution in [0.15, 0.2) is 78.0 Å². The monoisotopic (exact) mass is 650 g/mol. The zero-order valence-electron chi connectivity index (χ0n) is 27.1. The minimum absolute atomic E-state index is 0.0811. The number of anilines is 2. The molecule has 0 spiro atoms. The van der Waals surface area contributed by atoms with Gasteiger partial charge >= 0.3 is 5.97 Å². The lowest BCUT2D eigenvalue weighted by Crippen LogP contribution is -2.40. The van der Waals surface area contributed by atoms with E-state index < -0.39 is 17.3 Å². The van der Waals surface area contributed by atoms with E-state index in [0.717, 1.165) is 10.2 Å². The standard InChI is InChI=1S/C36H35FN6O5/c1-22(44)48-21-28-27(6-5-7-30(28)43-35(46)33-25(20-40-43)16-26(18-29(33)37)36(2,3)4)23-10-11-38-32(17-23)41-31-9-8-24(19-39-31)34(45)42-12-14-47-15-13-42/h5-11,16-20H,12-15,21H2,1-4H3,(H,38,39,41). The van der Waals surface area contributed by atoms with Gasteiger partial charge in [-0.05, 0) is 64.6 Å². The lowest BCUT2D eigenvalue weighted by atomic mass is 9.86. The predicted molar refractivity (Wildman–Crippen MR) is 179 cm³/mol. The van der Waals surface area contributed by atoms with Crippen molar-refractivity contribution in [3.63, 3.8) is 0 Å². The van der Waals surface area contributed by atoms with Gasteiger partial charge in [-0.15, -0.1) is 0 Å². The topological polar surface area (TPSA) is 129 Å². The van der Waals surface area contributed by atoms with Crippen LogP contribution >= 0.6 is 0 Å². The van der Waals surface area contributed by atoms with E-state index in [1.165, 1.54) is 25.4 Å². The Hall–Kier alpha value is -5.49. The van der Waals surface area contributed by atoms with Crippen LogP contribution in [0.4, 0.5) is 16.0 Å². The maximum absolute atomic E-state index is 15.4. The normalized spacial score (nSPS) is 13.4. The molecule has 2 aromatic carbocycles. The maximum Gasteiger partial charge on any atom is 0.302 e. The highest BCUT2D eigenvalue weighted by atomic mass is 19.1. The Kier molecular flexibility index (Phi) is 9.01. The molecule has 48 heavy (non-hydrogen) atoms. The van der Waals surface area contributed by atoms with Crippen LogP contribution in [0.5, 0.6) is 0 Å². The minimum Gasteiger partial charge on any atom is -0.461 e. The molecule has 12 heteroatoms. The van der Waals surface area contributed by atoms with Gasteiger partial charge in [0.05, 0.1) is 36.0 Å². The Morgan fingerprint density at radius 1 is 1.00 bits per heavy atom. The van der Waals surface area contributed by atoms with Crippen LogP contribution in [0.1, 0.15) is 49.2 Å². The summed E-state index contributed by atoms with van der Waals surface area (Å²) in [6.07, 6.45) is 4.60. The van der Waals surface area contributed by atoms with Crippen LogP contribution < -0.4 is 10.9 Å². The number of fused-ring (bicyclic) bond motifs is 1. The molecule has 11 nitrogen and oxygen atoms in total. The van der Waals surface area contributed by atoms with Crippen molar-refractivity contribution < 1.29 is 23.5 Å². The van der Waals surface area contributed by atoms with Gasteiger partial charge in [-0.3, -0.25) is 14.4 Å². The van der Waals surface area contributed by atoms with E-state index in [-0.39, 0.29) is 23.3 Å². The number of amides is 1. The molecular formula is C36H35FN6O5. The summed E-state index contributed by atoms with van der Waals surface area (Å²) in [5.74, 6) is -0.290.